The van der Waals surface area contributed by atoms with Gasteiger partial charge in [-0.15, -0.1) is 11.6 Å². The Balaban J connectivity index is 1.64. The average Bonchev–Trinajstić information content (AvgIpc) is 2.85. The molecule has 7 nitrogen and oxygen atoms in total. The summed E-state index contributed by atoms with van der Waals surface area (Å²) in [5.41, 5.74) is 0.600. The third-order valence-corrected chi connectivity index (χ3v) is 5.05. The standard InChI is InChI=1S/C16H15BrClN3O4/c17-10-1-2-11-12(7-10)16(25)21(15(11)24)9-14(23)20-5-3-19(4-6-20)13(22)8-18/h1-2,7H,3-6,8-9H2. The number of amides is 4. The van der Waals surface area contributed by atoms with Crippen molar-refractivity contribution in [3.63, 3.8) is 0 Å². The van der Waals surface area contributed by atoms with Gasteiger partial charge in [-0.25, -0.2) is 0 Å². The van der Waals surface area contributed by atoms with Crippen LogP contribution in [0.5, 0.6) is 0 Å². The lowest BCUT2D eigenvalue weighted by atomic mass is 10.1. The van der Waals surface area contributed by atoms with Crippen LogP contribution in [-0.4, -0.2) is 76.9 Å². The molecule has 0 N–H and O–H groups in total. The zero-order valence-electron chi connectivity index (χ0n) is 13.2. The van der Waals surface area contributed by atoms with Gasteiger partial charge in [0.05, 0.1) is 11.1 Å². The lowest BCUT2D eigenvalue weighted by Crippen LogP contribution is -2.53. The van der Waals surface area contributed by atoms with Crippen molar-refractivity contribution >= 4 is 51.2 Å². The Morgan fingerprint density at radius 2 is 1.52 bits per heavy atom. The summed E-state index contributed by atoms with van der Waals surface area (Å²) in [5.74, 6) is -1.49. The van der Waals surface area contributed by atoms with Gasteiger partial charge in [0, 0.05) is 30.7 Å². The van der Waals surface area contributed by atoms with E-state index in [-0.39, 0.29) is 24.2 Å². The van der Waals surface area contributed by atoms with E-state index in [1.54, 1.807) is 28.0 Å². The van der Waals surface area contributed by atoms with Crippen molar-refractivity contribution in [2.75, 3.05) is 38.6 Å². The maximum absolute atomic E-state index is 12.5. The second-order valence-corrected chi connectivity index (χ2v) is 6.96. The Morgan fingerprint density at radius 3 is 2.12 bits per heavy atom. The minimum atomic E-state index is -0.467. The van der Waals surface area contributed by atoms with Gasteiger partial charge < -0.3 is 9.80 Å². The number of carbonyl (C=O) groups is 4. The summed E-state index contributed by atoms with van der Waals surface area (Å²) < 4.78 is 0.695. The number of alkyl halides is 1. The molecule has 1 fully saturated rings. The maximum atomic E-state index is 12.5. The zero-order chi connectivity index (χ0) is 18.1. The Morgan fingerprint density at radius 1 is 0.960 bits per heavy atom. The van der Waals surface area contributed by atoms with Crippen LogP contribution in [0.2, 0.25) is 0 Å². The molecule has 4 amide bonds. The number of hydrogen-bond acceptors (Lipinski definition) is 4. The number of halogens is 2. The van der Waals surface area contributed by atoms with Crippen molar-refractivity contribution in [1.82, 2.24) is 14.7 Å². The first kappa shape index (κ1) is 17.9. The van der Waals surface area contributed by atoms with E-state index in [0.717, 1.165) is 4.90 Å². The normalized spacial score (nSPS) is 17.1. The van der Waals surface area contributed by atoms with E-state index in [1.807, 2.05) is 0 Å². The topological polar surface area (TPSA) is 78.0 Å². The summed E-state index contributed by atoms with van der Waals surface area (Å²) >= 11 is 8.80. The molecule has 1 aromatic rings. The molecule has 2 heterocycles. The van der Waals surface area contributed by atoms with Gasteiger partial charge in [0.25, 0.3) is 11.8 Å². The molecule has 0 radical (unpaired) electrons. The van der Waals surface area contributed by atoms with Crippen molar-refractivity contribution in [3.8, 4) is 0 Å². The maximum Gasteiger partial charge on any atom is 0.262 e. The number of fused-ring (bicyclic) bond motifs is 1. The van der Waals surface area contributed by atoms with Gasteiger partial charge in [0.15, 0.2) is 0 Å². The molecular weight excluding hydrogens is 414 g/mol. The largest absolute Gasteiger partial charge is 0.338 e. The van der Waals surface area contributed by atoms with Gasteiger partial charge in [-0.3, -0.25) is 24.1 Å². The molecule has 0 aliphatic carbocycles. The Bertz CT molecular complexity index is 762. The van der Waals surface area contributed by atoms with E-state index in [9.17, 15) is 19.2 Å². The molecule has 3 rings (SSSR count). The molecule has 0 atom stereocenters. The van der Waals surface area contributed by atoms with Gasteiger partial charge >= 0.3 is 0 Å². The molecule has 132 valence electrons. The molecule has 2 aliphatic rings. The third kappa shape index (κ3) is 3.41. The number of piperazine rings is 1. The molecule has 25 heavy (non-hydrogen) atoms. The van der Waals surface area contributed by atoms with Crippen molar-refractivity contribution in [1.29, 1.82) is 0 Å². The van der Waals surface area contributed by atoms with E-state index in [2.05, 4.69) is 15.9 Å². The van der Waals surface area contributed by atoms with Crippen LogP contribution in [0.3, 0.4) is 0 Å². The summed E-state index contributed by atoms with van der Waals surface area (Å²) in [6.07, 6.45) is 0. The molecule has 1 saturated heterocycles. The van der Waals surface area contributed by atoms with Gasteiger partial charge in [-0.2, -0.15) is 0 Å². The SMILES string of the molecule is O=C(CCl)N1CCN(C(=O)CN2C(=O)c3ccc(Br)cc3C2=O)CC1. The Hall–Kier alpha value is -1.93. The van der Waals surface area contributed by atoms with Crippen molar-refractivity contribution in [2.24, 2.45) is 0 Å². The Labute approximate surface area is 157 Å². The van der Waals surface area contributed by atoms with Crippen LogP contribution in [0.4, 0.5) is 0 Å². The fourth-order valence-electron chi connectivity index (χ4n) is 2.93. The Kier molecular flexibility index (Phi) is 5.10. The smallest absolute Gasteiger partial charge is 0.262 e. The van der Waals surface area contributed by atoms with E-state index in [4.69, 9.17) is 11.6 Å². The number of imide groups is 1. The minimum Gasteiger partial charge on any atom is -0.338 e. The molecule has 2 aliphatic heterocycles. The number of nitrogens with zero attached hydrogens (tertiary/aromatic N) is 3. The fraction of sp³-hybridized carbons (Fsp3) is 0.375. The van der Waals surface area contributed by atoms with Crippen LogP contribution in [0.1, 0.15) is 20.7 Å². The fourth-order valence-corrected chi connectivity index (χ4v) is 3.46. The highest BCUT2D eigenvalue weighted by Crippen LogP contribution is 2.26. The molecule has 0 saturated carbocycles. The number of hydrogen-bond donors (Lipinski definition) is 0. The van der Waals surface area contributed by atoms with Crippen LogP contribution in [-0.2, 0) is 9.59 Å². The number of rotatable bonds is 3. The molecule has 0 bridgehead atoms. The molecule has 0 spiro atoms. The predicted molar refractivity (Wildman–Crippen MR) is 93.4 cm³/mol. The van der Waals surface area contributed by atoms with Crippen molar-refractivity contribution < 1.29 is 19.2 Å². The first-order chi connectivity index (χ1) is 11.9. The summed E-state index contributed by atoms with van der Waals surface area (Å²) in [7, 11) is 0. The first-order valence-electron chi connectivity index (χ1n) is 7.69. The highest BCUT2D eigenvalue weighted by atomic mass is 79.9. The summed E-state index contributed by atoms with van der Waals surface area (Å²) in [5, 5.41) is 0. The number of carbonyl (C=O) groups excluding carboxylic acids is 4. The second-order valence-electron chi connectivity index (χ2n) is 5.78. The van der Waals surface area contributed by atoms with Crippen LogP contribution < -0.4 is 0 Å². The van der Waals surface area contributed by atoms with Gasteiger partial charge in [-0.05, 0) is 18.2 Å². The summed E-state index contributed by atoms with van der Waals surface area (Å²) in [6, 6.07) is 4.83. The highest BCUT2D eigenvalue weighted by Gasteiger charge is 2.37. The lowest BCUT2D eigenvalue weighted by molar-refractivity contribution is -0.138. The van der Waals surface area contributed by atoms with E-state index < -0.39 is 11.8 Å². The lowest BCUT2D eigenvalue weighted by Gasteiger charge is -2.35. The van der Waals surface area contributed by atoms with Gasteiger partial charge in [0.1, 0.15) is 12.4 Å². The molecular formula is C16H15BrClN3O4. The molecule has 0 unspecified atom stereocenters. The van der Waals surface area contributed by atoms with Crippen LogP contribution in [0.15, 0.2) is 22.7 Å². The second kappa shape index (κ2) is 7.13. The monoisotopic (exact) mass is 427 g/mol. The quantitative estimate of drug-likeness (QED) is 0.531. The van der Waals surface area contributed by atoms with Gasteiger partial charge in [-0.1, -0.05) is 15.9 Å². The molecule has 1 aromatic carbocycles. The summed E-state index contributed by atoms with van der Waals surface area (Å²) in [6.45, 7) is 1.21. The zero-order valence-corrected chi connectivity index (χ0v) is 15.5. The summed E-state index contributed by atoms with van der Waals surface area (Å²) in [4.78, 5) is 52.9. The van der Waals surface area contributed by atoms with E-state index in [0.29, 0.717) is 41.8 Å². The van der Waals surface area contributed by atoms with E-state index >= 15 is 0 Å². The van der Waals surface area contributed by atoms with Crippen LogP contribution >= 0.6 is 27.5 Å². The minimum absolute atomic E-state index is 0.0848. The van der Waals surface area contributed by atoms with Crippen LogP contribution in [0.25, 0.3) is 0 Å². The van der Waals surface area contributed by atoms with Crippen molar-refractivity contribution in [2.45, 2.75) is 0 Å². The molecule has 0 aromatic heterocycles. The van der Waals surface area contributed by atoms with Crippen LogP contribution in [0, 0.1) is 0 Å². The average molecular weight is 429 g/mol. The first-order valence-corrected chi connectivity index (χ1v) is 9.02. The predicted octanol–water partition coefficient (Wildman–Crippen LogP) is 0.955. The number of benzene rings is 1. The molecule has 9 heteroatoms. The highest BCUT2D eigenvalue weighted by molar-refractivity contribution is 9.10. The van der Waals surface area contributed by atoms with Crippen molar-refractivity contribution in [3.05, 3.63) is 33.8 Å². The van der Waals surface area contributed by atoms with E-state index in [1.165, 1.54) is 0 Å². The third-order valence-electron chi connectivity index (χ3n) is 4.33. The van der Waals surface area contributed by atoms with Gasteiger partial charge in [0.2, 0.25) is 11.8 Å².